The highest BCUT2D eigenvalue weighted by atomic mass is 79.9. The number of hydrogen-bond donors (Lipinski definition) is 2. The van der Waals surface area contributed by atoms with Gasteiger partial charge in [0, 0.05) is 16.6 Å². The van der Waals surface area contributed by atoms with Gasteiger partial charge in [0.25, 0.3) is 0 Å². The molecule has 0 aliphatic rings. The zero-order valence-corrected chi connectivity index (χ0v) is 13.0. The van der Waals surface area contributed by atoms with E-state index in [9.17, 15) is 12.8 Å². The molecule has 0 saturated carbocycles. The Morgan fingerprint density at radius 2 is 2.06 bits per heavy atom. The lowest BCUT2D eigenvalue weighted by molar-refractivity contribution is 0.497. The highest BCUT2D eigenvalue weighted by Gasteiger charge is 2.24. The van der Waals surface area contributed by atoms with Gasteiger partial charge in [-0.25, -0.2) is 17.5 Å². The van der Waals surface area contributed by atoms with Crippen LogP contribution in [0.2, 0.25) is 5.02 Å². The van der Waals surface area contributed by atoms with E-state index < -0.39 is 21.4 Å². The van der Waals surface area contributed by atoms with E-state index in [1.54, 1.807) is 13.8 Å². The molecule has 0 radical (unpaired) electrons. The van der Waals surface area contributed by atoms with E-state index in [2.05, 4.69) is 20.7 Å². The maximum atomic E-state index is 13.0. The van der Waals surface area contributed by atoms with E-state index in [4.69, 9.17) is 17.3 Å². The van der Waals surface area contributed by atoms with E-state index in [1.807, 2.05) is 0 Å². The summed E-state index contributed by atoms with van der Waals surface area (Å²) in [6.07, 6.45) is 0. The molecular formula is C10H13BrClFN2O2S. The molecule has 102 valence electrons. The first kappa shape index (κ1) is 15.8. The monoisotopic (exact) mass is 358 g/mol. The van der Waals surface area contributed by atoms with Gasteiger partial charge < -0.3 is 5.73 Å². The highest BCUT2D eigenvalue weighted by molar-refractivity contribution is 9.10. The summed E-state index contributed by atoms with van der Waals surface area (Å²) in [4.78, 5) is -0.199. The van der Waals surface area contributed by atoms with Crippen molar-refractivity contribution in [3.63, 3.8) is 0 Å². The lowest BCUT2D eigenvalue weighted by Gasteiger charge is -2.19. The quantitative estimate of drug-likeness (QED) is 0.866. The Bertz CT molecular complexity index is 534. The van der Waals surface area contributed by atoms with Crippen molar-refractivity contribution in [2.45, 2.75) is 24.3 Å². The Labute approximate surface area is 119 Å². The topological polar surface area (TPSA) is 72.2 Å². The molecule has 18 heavy (non-hydrogen) atoms. The minimum absolute atomic E-state index is 0.0372. The van der Waals surface area contributed by atoms with Gasteiger partial charge >= 0.3 is 0 Å². The van der Waals surface area contributed by atoms with Crippen LogP contribution in [0.5, 0.6) is 0 Å². The second-order valence-corrected chi connectivity index (χ2v) is 7.48. The molecule has 0 aliphatic heterocycles. The Hall–Kier alpha value is -0.210. The lowest BCUT2D eigenvalue weighted by atomic mass is 10.1. The van der Waals surface area contributed by atoms with Crippen molar-refractivity contribution in [3.8, 4) is 0 Å². The van der Waals surface area contributed by atoms with Crippen molar-refractivity contribution < 1.29 is 12.8 Å². The fraction of sp³-hybridized carbons (Fsp3) is 0.400. The summed E-state index contributed by atoms with van der Waals surface area (Å²) < 4.78 is 39.5. The fourth-order valence-electron chi connectivity index (χ4n) is 1.14. The van der Waals surface area contributed by atoms with Crippen molar-refractivity contribution in [2.24, 2.45) is 5.73 Å². The van der Waals surface area contributed by atoms with Gasteiger partial charge in [-0.2, -0.15) is 0 Å². The van der Waals surface area contributed by atoms with Crippen molar-refractivity contribution in [1.29, 1.82) is 0 Å². The summed E-state index contributed by atoms with van der Waals surface area (Å²) in [6, 6.07) is 1.97. The SMILES string of the molecule is CC(C)(N)CNS(=O)(=O)c1c(Cl)cc(F)cc1Br. The van der Waals surface area contributed by atoms with Crippen molar-refractivity contribution in [3.05, 3.63) is 27.4 Å². The summed E-state index contributed by atoms with van der Waals surface area (Å²) in [6.45, 7) is 3.39. The maximum absolute atomic E-state index is 13.0. The minimum atomic E-state index is -3.85. The van der Waals surface area contributed by atoms with Crippen LogP contribution in [0.15, 0.2) is 21.5 Å². The molecule has 0 aliphatic carbocycles. The molecule has 0 heterocycles. The van der Waals surface area contributed by atoms with E-state index >= 15 is 0 Å². The average molecular weight is 360 g/mol. The van der Waals surface area contributed by atoms with Gasteiger partial charge in [-0.3, -0.25) is 0 Å². The fourth-order valence-corrected chi connectivity index (χ4v) is 4.17. The summed E-state index contributed by atoms with van der Waals surface area (Å²) in [5.41, 5.74) is 4.99. The summed E-state index contributed by atoms with van der Waals surface area (Å²) in [7, 11) is -3.85. The first-order valence-corrected chi connectivity index (χ1v) is 7.61. The molecule has 0 saturated heterocycles. The molecule has 0 bridgehead atoms. The number of nitrogens with two attached hydrogens (primary N) is 1. The van der Waals surface area contributed by atoms with E-state index in [1.165, 1.54) is 0 Å². The van der Waals surface area contributed by atoms with Crippen LogP contribution in [-0.4, -0.2) is 20.5 Å². The molecule has 0 unspecified atom stereocenters. The molecule has 4 nitrogen and oxygen atoms in total. The van der Waals surface area contributed by atoms with Crippen molar-refractivity contribution in [1.82, 2.24) is 4.72 Å². The van der Waals surface area contributed by atoms with Crippen LogP contribution in [0, 0.1) is 5.82 Å². The minimum Gasteiger partial charge on any atom is -0.324 e. The standard InChI is InChI=1S/C10H13BrClFN2O2S/c1-10(2,14)5-15-18(16,17)9-7(11)3-6(13)4-8(9)12/h3-4,15H,5,14H2,1-2H3. The molecule has 3 N–H and O–H groups in total. The van der Waals surface area contributed by atoms with Crippen molar-refractivity contribution in [2.75, 3.05) is 6.54 Å². The smallest absolute Gasteiger partial charge is 0.243 e. The number of hydrogen-bond acceptors (Lipinski definition) is 3. The Morgan fingerprint density at radius 3 is 2.50 bits per heavy atom. The van der Waals surface area contributed by atoms with Crippen LogP contribution in [0.25, 0.3) is 0 Å². The van der Waals surface area contributed by atoms with Crippen LogP contribution in [0.3, 0.4) is 0 Å². The van der Waals surface area contributed by atoms with Gasteiger partial charge in [0.1, 0.15) is 10.7 Å². The van der Waals surface area contributed by atoms with Gasteiger partial charge in [0.2, 0.25) is 10.0 Å². The molecule has 1 aromatic carbocycles. The van der Waals surface area contributed by atoms with Gasteiger partial charge in [0.05, 0.1) is 5.02 Å². The number of rotatable bonds is 4. The van der Waals surface area contributed by atoms with Crippen LogP contribution in [0.4, 0.5) is 4.39 Å². The Kier molecular flexibility index (Phi) is 4.77. The maximum Gasteiger partial charge on any atom is 0.243 e. The zero-order chi connectivity index (χ0) is 14.1. The zero-order valence-electron chi connectivity index (χ0n) is 9.80. The number of benzene rings is 1. The van der Waals surface area contributed by atoms with E-state index in [-0.39, 0.29) is 20.9 Å². The van der Waals surface area contributed by atoms with Crippen molar-refractivity contribution >= 4 is 37.6 Å². The van der Waals surface area contributed by atoms with E-state index in [0.717, 1.165) is 12.1 Å². The first-order valence-electron chi connectivity index (χ1n) is 4.96. The van der Waals surface area contributed by atoms with Crippen LogP contribution < -0.4 is 10.5 Å². The largest absolute Gasteiger partial charge is 0.324 e. The molecule has 8 heteroatoms. The molecule has 1 rings (SSSR count). The second-order valence-electron chi connectivity index (χ2n) is 4.51. The van der Waals surface area contributed by atoms with Gasteiger partial charge in [-0.1, -0.05) is 11.6 Å². The number of sulfonamides is 1. The molecule has 0 spiro atoms. The molecule has 1 aromatic rings. The number of nitrogens with one attached hydrogen (secondary N) is 1. The molecular weight excluding hydrogens is 347 g/mol. The first-order chi connectivity index (χ1) is 8.03. The van der Waals surface area contributed by atoms with Crippen LogP contribution in [-0.2, 0) is 10.0 Å². The third-order valence-electron chi connectivity index (χ3n) is 1.95. The third kappa shape index (κ3) is 4.17. The van der Waals surface area contributed by atoms with Crippen LogP contribution in [0.1, 0.15) is 13.8 Å². The summed E-state index contributed by atoms with van der Waals surface area (Å²) in [5.74, 6) is -0.620. The normalized spacial score (nSPS) is 12.8. The molecule has 0 fully saturated rings. The van der Waals surface area contributed by atoms with Crippen LogP contribution >= 0.6 is 27.5 Å². The Morgan fingerprint density at radius 1 is 1.50 bits per heavy atom. The lowest BCUT2D eigenvalue weighted by Crippen LogP contribution is -2.45. The molecule has 0 amide bonds. The molecule has 0 aromatic heterocycles. The predicted octanol–water partition coefficient (Wildman–Crippen LogP) is 2.26. The van der Waals surface area contributed by atoms with E-state index in [0.29, 0.717) is 0 Å². The predicted molar refractivity (Wildman–Crippen MR) is 72.6 cm³/mol. The second kappa shape index (κ2) is 5.42. The van der Waals surface area contributed by atoms with Gasteiger partial charge in [-0.05, 0) is 41.9 Å². The van der Waals surface area contributed by atoms with Gasteiger partial charge in [0.15, 0.2) is 0 Å². The Balaban J connectivity index is 3.14. The van der Waals surface area contributed by atoms with Gasteiger partial charge in [-0.15, -0.1) is 0 Å². The summed E-state index contributed by atoms with van der Waals surface area (Å²) >= 11 is 8.73. The molecule has 0 atom stereocenters. The average Bonchev–Trinajstić information content (AvgIpc) is 2.11. The third-order valence-corrected chi connectivity index (χ3v) is 4.75. The highest BCUT2D eigenvalue weighted by Crippen LogP contribution is 2.30. The summed E-state index contributed by atoms with van der Waals surface area (Å²) in [5, 5.41) is -0.191. The number of halogens is 3.